The Balaban J connectivity index is 3.23. The molecule has 0 aliphatic heterocycles. The number of hydrogen-bond donors (Lipinski definition) is 0. The van der Waals surface area contributed by atoms with E-state index in [9.17, 15) is 14.4 Å². The van der Waals surface area contributed by atoms with Crippen LogP contribution in [0.1, 0.15) is 33.3 Å². The molecule has 0 saturated heterocycles. The molecule has 0 radical (unpaired) electrons. The molecule has 0 spiro atoms. The molecule has 0 amide bonds. The van der Waals surface area contributed by atoms with Crippen LogP contribution in [0.15, 0.2) is 24.3 Å². The second-order valence-electron chi connectivity index (χ2n) is 8.29. The van der Waals surface area contributed by atoms with Crippen molar-refractivity contribution in [3.05, 3.63) is 29.8 Å². The molecule has 0 saturated carbocycles. The van der Waals surface area contributed by atoms with E-state index in [1.54, 1.807) is 32.0 Å². The van der Waals surface area contributed by atoms with Gasteiger partial charge in [-0.1, -0.05) is 12.1 Å². The molecule has 3 atom stereocenters. The molecule has 0 aliphatic carbocycles. The van der Waals surface area contributed by atoms with Crippen molar-refractivity contribution in [1.29, 1.82) is 0 Å². The van der Waals surface area contributed by atoms with Crippen molar-refractivity contribution in [3.8, 4) is 5.75 Å². The fourth-order valence-electron chi connectivity index (χ4n) is 3.26. The van der Waals surface area contributed by atoms with Crippen LogP contribution in [0.2, 0.25) is 0 Å². The molecule has 1 aromatic rings. The zero-order valence-corrected chi connectivity index (χ0v) is 21.4. The van der Waals surface area contributed by atoms with Crippen LogP contribution < -0.4 is 4.74 Å². The van der Waals surface area contributed by atoms with E-state index >= 15 is 0 Å². The highest BCUT2D eigenvalue weighted by Gasteiger charge is 2.47. The van der Waals surface area contributed by atoms with Crippen LogP contribution in [-0.4, -0.2) is 83.8 Å². The topological polar surface area (TPSA) is 125 Å². The minimum Gasteiger partial charge on any atom is -0.486 e. The minimum atomic E-state index is -1.86. The molecule has 11 nitrogen and oxygen atoms in total. The summed E-state index contributed by atoms with van der Waals surface area (Å²) in [6.45, 7) is 6.29. The van der Waals surface area contributed by atoms with E-state index in [0.717, 1.165) is 0 Å². The van der Waals surface area contributed by atoms with Crippen molar-refractivity contribution in [1.82, 2.24) is 0 Å². The van der Waals surface area contributed by atoms with Crippen molar-refractivity contribution >= 4 is 18.2 Å². The Morgan fingerprint density at radius 2 is 1.51 bits per heavy atom. The van der Waals surface area contributed by atoms with Gasteiger partial charge in [-0.2, -0.15) is 0 Å². The predicted molar refractivity (Wildman–Crippen MR) is 123 cm³/mol. The lowest BCUT2D eigenvalue weighted by Crippen LogP contribution is -2.48. The van der Waals surface area contributed by atoms with Crippen molar-refractivity contribution in [2.75, 3.05) is 47.8 Å². The van der Waals surface area contributed by atoms with Gasteiger partial charge >= 0.3 is 11.9 Å². The smallest absolute Gasteiger partial charge is 0.394 e. The van der Waals surface area contributed by atoms with Gasteiger partial charge in [0.05, 0.1) is 32.0 Å². The van der Waals surface area contributed by atoms with Gasteiger partial charge in [-0.3, -0.25) is 4.79 Å². The van der Waals surface area contributed by atoms with Gasteiger partial charge in [-0.05, 0) is 39.8 Å². The van der Waals surface area contributed by atoms with Crippen molar-refractivity contribution < 1.29 is 52.6 Å². The fraction of sp³-hybridized carbons (Fsp3) is 0.625. The average molecular weight is 501 g/mol. The predicted octanol–water partition coefficient (Wildman–Crippen LogP) is 1.99. The third-order valence-corrected chi connectivity index (χ3v) is 4.68. The van der Waals surface area contributed by atoms with E-state index in [4.69, 9.17) is 38.2 Å². The van der Waals surface area contributed by atoms with Gasteiger partial charge in [0.25, 0.3) is 0 Å². The Kier molecular flexibility index (Phi) is 12.8. The Morgan fingerprint density at radius 1 is 0.914 bits per heavy atom. The molecular formula is C24H36O11. The average Bonchev–Trinajstić information content (AvgIpc) is 2.80. The lowest BCUT2D eigenvalue weighted by Gasteiger charge is -2.33. The number of ether oxygens (including phenoxy) is 6. The second kappa shape index (κ2) is 14.7. The first-order chi connectivity index (χ1) is 16.6. The van der Waals surface area contributed by atoms with Gasteiger partial charge in [0, 0.05) is 26.9 Å². The molecular weight excluding hydrogens is 464 g/mol. The molecule has 0 fully saturated rings. The quantitative estimate of drug-likeness (QED) is 0.188. The largest absolute Gasteiger partial charge is 0.486 e. The van der Waals surface area contributed by atoms with Crippen LogP contribution >= 0.6 is 0 Å². The molecule has 3 unspecified atom stereocenters. The van der Waals surface area contributed by atoms with Crippen LogP contribution in [0.25, 0.3) is 0 Å². The number of rotatable bonds is 16. The zero-order valence-electron chi connectivity index (χ0n) is 21.4. The van der Waals surface area contributed by atoms with Gasteiger partial charge in [0.1, 0.15) is 12.4 Å². The van der Waals surface area contributed by atoms with Gasteiger partial charge in [-0.25, -0.2) is 19.4 Å². The summed E-state index contributed by atoms with van der Waals surface area (Å²) in [7, 11) is 4.36. The summed E-state index contributed by atoms with van der Waals surface area (Å²) in [6.07, 6.45) is -0.414. The number of aldehydes is 1. The first-order valence-electron chi connectivity index (χ1n) is 11.0. The Morgan fingerprint density at radius 3 is 2.09 bits per heavy atom. The summed E-state index contributed by atoms with van der Waals surface area (Å²) >= 11 is 0. The van der Waals surface area contributed by atoms with Gasteiger partial charge < -0.3 is 28.4 Å². The molecule has 0 bridgehead atoms. The number of carbonyl (C=O) groups is 3. The van der Waals surface area contributed by atoms with E-state index in [1.807, 2.05) is 0 Å². The first-order valence-corrected chi connectivity index (χ1v) is 11.0. The number of methoxy groups -OCH3 is 3. The molecule has 11 heteroatoms. The van der Waals surface area contributed by atoms with Crippen LogP contribution in [-0.2, 0) is 53.4 Å². The number of benzene rings is 1. The standard InChI is InChI=1S/C24H36O11/c1-17(14-28-5)32-23(3,4)21(26)34-35-22(27)24(16-30-7,33-18(2)15-29-6)19-9-8-10-20(13-19)31-12-11-25/h8-11,13,17-18H,12,14-16H2,1-7H3. The molecule has 35 heavy (non-hydrogen) atoms. The maximum absolute atomic E-state index is 13.4. The van der Waals surface area contributed by atoms with Crippen LogP contribution in [0.4, 0.5) is 0 Å². The highest BCUT2D eigenvalue weighted by atomic mass is 17.2. The third kappa shape index (κ3) is 9.19. The summed E-state index contributed by atoms with van der Waals surface area (Å²) in [4.78, 5) is 46.5. The van der Waals surface area contributed by atoms with Crippen LogP contribution in [0.3, 0.4) is 0 Å². The fourth-order valence-corrected chi connectivity index (χ4v) is 3.26. The highest BCUT2D eigenvalue weighted by Crippen LogP contribution is 2.32. The van der Waals surface area contributed by atoms with E-state index in [1.165, 1.54) is 41.2 Å². The Labute approximate surface area is 205 Å². The molecule has 0 N–H and O–H groups in total. The molecule has 0 heterocycles. The van der Waals surface area contributed by atoms with Crippen molar-refractivity contribution in [3.63, 3.8) is 0 Å². The van der Waals surface area contributed by atoms with Crippen molar-refractivity contribution in [2.45, 2.75) is 51.1 Å². The summed E-state index contributed by atoms with van der Waals surface area (Å²) < 4.78 is 32.5. The van der Waals surface area contributed by atoms with Gasteiger partial charge in [-0.15, -0.1) is 0 Å². The maximum Gasteiger partial charge on any atom is 0.394 e. The van der Waals surface area contributed by atoms with E-state index in [-0.39, 0.29) is 32.0 Å². The monoisotopic (exact) mass is 500 g/mol. The normalized spacial score (nSPS) is 14.9. The number of hydrogen-bond acceptors (Lipinski definition) is 11. The third-order valence-electron chi connectivity index (χ3n) is 4.68. The van der Waals surface area contributed by atoms with Gasteiger partial charge in [0.2, 0.25) is 5.60 Å². The summed E-state index contributed by atoms with van der Waals surface area (Å²) in [5.41, 5.74) is -3.01. The lowest BCUT2D eigenvalue weighted by atomic mass is 9.93. The molecule has 1 aromatic carbocycles. The van der Waals surface area contributed by atoms with Gasteiger partial charge in [0.15, 0.2) is 11.9 Å². The van der Waals surface area contributed by atoms with E-state index in [0.29, 0.717) is 12.0 Å². The molecule has 198 valence electrons. The zero-order chi connectivity index (χ0) is 26.5. The highest BCUT2D eigenvalue weighted by molar-refractivity contribution is 5.83. The van der Waals surface area contributed by atoms with Crippen molar-refractivity contribution in [2.24, 2.45) is 0 Å². The Hall–Kier alpha value is -2.57. The first kappa shape index (κ1) is 30.5. The summed E-state index contributed by atoms with van der Waals surface area (Å²) in [5.74, 6) is -1.68. The lowest BCUT2D eigenvalue weighted by molar-refractivity contribution is -0.290. The van der Waals surface area contributed by atoms with E-state index < -0.39 is 35.3 Å². The summed E-state index contributed by atoms with van der Waals surface area (Å²) in [5, 5.41) is 0. The molecule has 1 rings (SSSR count). The van der Waals surface area contributed by atoms with Crippen LogP contribution in [0, 0.1) is 0 Å². The second-order valence-corrected chi connectivity index (χ2v) is 8.29. The maximum atomic E-state index is 13.4. The number of carbonyl (C=O) groups excluding carboxylic acids is 3. The summed E-state index contributed by atoms with van der Waals surface area (Å²) in [6, 6.07) is 6.31. The Bertz CT molecular complexity index is 810. The molecule has 0 aliphatic rings. The van der Waals surface area contributed by atoms with E-state index in [2.05, 4.69) is 0 Å². The van der Waals surface area contributed by atoms with Crippen LogP contribution in [0.5, 0.6) is 5.75 Å². The SMILES string of the molecule is COCC(C)OC(C)(C)C(=O)OOC(=O)C(COC)(OC(C)COC)c1cccc(OCC=O)c1. The molecule has 0 aromatic heterocycles. The minimum absolute atomic E-state index is 0.151.